The number of ether oxygens (including phenoxy) is 2. The highest BCUT2D eigenvalue weighted by Gasteiger charge is 2.45. The molecule has 7 aromatic rings. The molecular formula is C44H27BN2O2Si. The number of rotatable bonds is 5. The van der Waals surface area contributed by atoms with Crippen LogP contribution >= 0.6 is 0 Å². The summed E-state index contributed by atoms with van der Waals surface area (Å²) in [6, 6.07) is 61.3. The van der Waals surface area contributed by atoms with Crippen molar-refractivity contribution in [3.63, 3.8) is 0 Å². The van der Waals surface area contributed by atoms with Crippen molar-refractivity contribution < 1.29 is 9.47 Å². The molecule has 0 spiro atoms. The minimum atomic E-state index is -2.89. The molecule has 7 aromatic carbocycles. The fourth-order valence-corrected chi connectivity index (χ4v) is 12.8. The van der Waals surface area contributed by atoms with Crippen molar-refractivity contribution in [2.24, 2.45) is 0 Å². The molecule has 0 aromatic heterocycles. The Hall–Kier alpha value is -6.60. The number of para-hydroxylation sites is 2. The monoisotopic (exact) mass is 654 g/mol. The lowest BCUT2D eigenvalue weighted by Gasteiger charge is -2.35. The van der Waals surface area contributed by atoms with Crippen molar-refractivity contribution in [1.29, 1.82) is 10.5 Å². The fourth-order valence-electron chi connectivity index (χ4n) is 8.00. The third kappa shape index (κ3) is 4.30. The first-order valence-corrected chi connectivity index (χ1v) is 18.6. The Balaban J connectivity index is 1.35. The van der Waals surface area contributed by atoms with Gasteiger partial charge in [-0.3, -0.25) is 0 Å². The van der Waals surface area contributed by atoms with Crippen LogP contribution in [0.15, 0.2) is 164 Å². The van der Waals surface area contributed by atoms with Crippen molar-refractivity contribution >= 4 is 51.9 Å². The minimum absolute atomic E-state index is 0.246. The van der Waals surface area contributed by atoms with Crippen LogP contribution in [0.2, 0.25) is 0 Å². The van der Waals surface area contributed by atoms with Gasteiger partial charge in [0.15, 0.2) is 8.07 Å². The molecule has 6 heteroatoms. The first kappa shape index (κ1) is 29.5. The first-order valence-electron chi connectivity index (χ1n) is 16.6. The van der Waals surface area contributed by atoms with Gasteiger partial charge in [-0.25, -0.2) is 0 Å². The van der Waals surface area contributed by atoms with Crippen molar-refractivity contribution in [2.75, 3.05) is 0 Å². The predicted molar refractivity (Wildman–Crippen MR) is 203 cm³/mol. The van der Waals surface area contributed by atoms with E-state index in [4.69, 9.17) is 9.47 Å². The maximum atomic E-state index is 11.0. The molecule has 2 heterocycles. The number of hydrogen-bond acceptors (Lipinski definition) is 4. The molecule has 2 aliphatic rings. The summed E-state index contributed by atoms with van der Waals surface area (Å²) >= 11 is 0. The molecule has 0 N–H and O–H groups in total. The zero-order chi connectivity index (χ0) is 33.7. The number of fused-ring (bicyclic) bond motifs is 4. The second-order valence-electron chi connectivity index (χ2n) is 12.6. The standard InChI is InChI=1S/C44H27BN2O2Si/c46-28-35-41(36(29-47)44-42-43(35)48-39-25-12-10-23-37(39)45(42)38-24-11-13-26-40(38)49-44)30-15-14-22-34(27-30)50(31-16-4-1-5-17-31,32-18-6-2-7-19-32)33-20-8-3-9-21-33/h1-27H. The molecule has 4 nitrogen and oxygen atoms in total. The predicted octanol–water partition coefficient (Wildman–Crippen LogP) is 5.20. The van der Waals surface area contributed by atoms with Gasteiger partial charge in [-0.2, -0.15) is 10.5 Å². The van der Waals surface area contributed by atoms with Gasteiger partial charge in [-0.1, -0.05) is 152 Å². The molecule has 9 rings (SSSR count). The Morgan fingerprint density at radius 1 is 0.460 bits per heavy atom. The van der Waals surface area contributed by atoms with E-state index in [9.17, 15) is 10.5 Å². The van der Waals surface area contributed by atoms with Crippen molar-refractivity contribution in [3.8, 4) is 46.3 Å². The van der Waals surface area contributed by atoms with Gasteiger partial charge in [0.25, 0.3) is 6.71 Å². The van der Waals surface area contributed by atoms with E-state index in [1.165, 1.54) is 15.6 Å². The Bertz CT molecular complexity index is 2340. The van der Waals surface area contributed by atoms with Crippen molar-refractivity contribution in [3.05, 3.63) is 175 Å². The molecule has 0 radical (unpaired) electrons. The second kappa shape index (κ2) is 11.8. The maximum absolute atomic E-state index is 11.0. The van der Waals surface area contributed by atoms with Crippen LogP contribution in [0.5, 0.6) is 23.0 Å². The second-order valence-corrected chi connectivity index (χ2v) is 16.4. The van der Waals surface area contributed by atoms with Gasteiger partial charge in [0, 0.05) is 11.0 Å². The fraction of sp³-hybridized carbons (Fsp3) is 0. The third-order valence-corrected chi connectivity index (χ3v) is 14.8. The van der Waals surface area contributed by atoms with Crippen LogP contribution in [0.25, 0.3) is 11.1 Å². The van der Waals surface area contributed by atoms with Crippen LogP contribution in [-0.2, 0) is 0 Å². The molecular weight excluding hydrogens is 627 g/mol. The van der Waals surface area contributed by atoms with E-state index in [0.717, 1.165) is 27.1 Å². The van der Waals surface area contributed by atoms with Crippen molar-refractivity contribution in [1.82, 2.24) is 0 Å². The largest absolute Gasteiger partial charge is 0.457 e. The highest BCUT2D eigenvalue weighted by atomic mass is 28.3. The summed E-state index contributed by atoms with van der Waals surface area (Å²) in [5.74, 6) is 2.27. The van der Waals surface area contributed by atoms with E-state index in [0.29, 0.717) is 39.7 Å². The Morgan fingerprint density at radius 3 is 1.34 bits per heavy atom. The van der Waals surface area contributed by atoms with Crippen molar-refractivity contribution in [2.45, 2.75) is 0 Å². The molecule has 0 amide bonds. The van der Waals surface area contributed by atoms with Crippen LogP contribution in [0.4, 0.5) is 0 Å². The lowest BCUT2D eigenvalue weighted by Crippen LogP contribution is -2.74. The summed E-state index contributed by atoms with van der Waals surface area (Å²) in [5, 5.41) is 26.8. The van der Waals surface area contributed by atoms with Gasteiger partial charge in [0.1, 0.15) is 46.3 Å². The average molecular weight is 655 g/mol. The van der Waals surface area contributed by atoms with E-state index in [-0.39, 0.29) is 6.71 Å². The first-order chi connectivity index (χ1) is 24.7. The van der Waals surface area contributed by atoms with E-state index >= 15 is 0 Å². The average Bonchev–Trinajstić information content (AvgIpc) is 3.19. The van der Waals surface area contributed by atoms with Gasteiger partial charge in [0.2, 0.25) is 0 Å². The van der Waals surface area contributed by atoms with Crippen LogP contribution in [0.1, 0.15) is 11.1 Å². The van der Waals surface area contributed by atoms with Gasteiger partial charge in [-0.15, -0.1) is 0 Å². The highest BCUT2D eigenvalue weighted by molar-refractivity contribution is 7.19. The van der Waals surface area contributed by atoms with Gasteiger partial charge >= 0.3 is 0 Å². The number of benzene rings is 7. The molecule has 0 bridgehead atoms. The molecule has 0 aliphatic carbocycles. The maximum Gasteiger partial charge on any atom is 0.260 e. The van der Waals surface area contributed by atoms with Crippen LogP contribution < -0.4 is 46.6 Å². The zero-order valence-corrected chi connectivity index (χ0v) is 27.9. The Kier molecular flexibility index (Phi) is 6.98. The summed E-state index contributed by atoms with van der Waals surface area (Å²) in [5.41, 5.74) is 4.60. The summed E-state index contributed by atoms with van der Waals surface area (Å²) in [6.07, 6.45) is 0. The van der Waals surface area contributed by atoms with Gasteiger partial charge < -0.3 is 9.47 Å². The molecule has 232 valence electrons. The molecule has 0 fully saturated rings. The SMILES string of the molecule is N#Cc1c2c3c(c(C#N)c1-c1cccc([Si](c4ccccc4)(c4ccccc4)c4ccccc4)c1)Oc1ccccc1B3c1ccccc1O2. The number of nitrogens with zero attached hydrogens (tertiary/aromatic N) is 2. The van der Waals surface area contributed by atoms with Gasteiger partial charge in [-0.05, 0) is 49.4 Å². The van der Waals surface area contributed by atoms with Crippen LogP contribution in [0.3, 0.4) is 0 Å². The quantitative estimate of drug-likeness (QED) is 0.189. The molecule has 0 unspecified atom stereocenters. The number of hydrogen-bond donors (Lipinski definition) is 0. The number of nitriles is 2. The van der Waals surface area contributed by atoms with E-state index in [1.54, 1.807) is 0 Å². The Morgan fingerprint density at radius 2 is 0.880 bits per heavy atom. The molecule has 0 atom stereocenters. The normalized spacial score (nSPS) is 12.2. The molecule has 50 heavy (non-hydrogen) atoms. The van der Waals surface area contributed by atoms with E-state index in [2.05, 4.69) is 115 Å². The third-order valence-electron chi connectivity index (χ3n) is 10.0. The minimum Gasteiger partial charge on any atom is -0.457 e. The summed E-state index contributed by atoms with van der Waals surface area (Å²) in [6.45, 7) is -0.246. The van der Waals surface area contributed by atoms with Crippen LogP contribution in [0, 0.1) is 22.7 Å². The zero-order valence-electron chi connectivity index (χ0n) is 26.9. The van der Waals surface area contributed by atoms with E-state index in [1.807, 2.05) is 60.7 Å². The van der Waals surface area contributed by atoms with Gasteiger partial charge in [0.05, 0.1) is 0 Å². The molecule has 0 saturated heterocycles. The molecule has 2 aliphatic heterocycles. The summed E-state index contributed by atoms with van der Waals surface area (Å²) in [7, 11) is -2.89. The lowest BCUT2D eigenvalue weighted by molar-refractivity contribution is 0.463. The Labute approximate surface area is 292 Å². The highest BCUT2D eigenvalue weighted by Crippen LogP contribution is 2.44. The van der Waals surface area contributed by atoms with E-state index < -0.39 is 8.07 Å². The molecule has 0 saturated carbocycles. The summed E-state index contributed by atoms with van der Waals surface area (Å²) < 4.78 is 13.3. The van der Waals surface area contributed by atoms with Crippen LogP contribution in [-0.4, -0.2) is 14.8 Å². The topological polar surface area (TPSA) is 66.0 Å². The smallest absolute Gasteiger partial charge is 0.260 e. The summed E-state index contributed by atoms with van der Waals surface area (Å²) in [4.78, 5) is 0. The lowest BCUT2D eigenvalue weighted by atomic mass is 9.34.